The van der Waals surface area contributed by atoms with Crippen LogP contribution in [0.2, 0.25) is 0 Å². The Morgan fingerprint density at radius 2 is 1.87 bits per heavy atom. The molecule has 4 heteroatoms. The van der Waals surface area contributed by atoms with E-state index in [-0.39, 0.29) is 4.33 Å². The van der Waals surface area contributed by atoms with Crippen molar-refractivity contribution in [1.29, 1.82) is 0 Å². The van der Waals surface area contributed by atoms with E-state index in [1.807, 2.05) is 4.90 Å². The first-order chi connectivity index (χ1) is 7.16. The number of nitrogens with zero attached hydrogens (tertiary/aromatic N) is 1. The number of halogens is 1. The van der Waals surface area contributed by atoms with E-state index in [1.165, 1.54) is 36.1 Å². The van der Waals surface area contributed by atoms with Crippen LogP contribution in [-0.4, -0.2) is 51.6 Å². The molecule has 0 amide bonds. The van der Waals surface area contributed by atoms with E-state index in [0.29, 0.717) is 19.0 Å². The normalized spacial score (nSPS) is 29.5. The summed E-state index contributed by atoms with van der Waals surface area (Å²) in [5, 5.41) is 0. The van der Waals surface area contributed by atoms with Crippen molar-refractivity contribution in [2.75, 3.05) is 13.1 Å². The second kappa shape index (κ2) is 4.55. The van der Waals surface area contributed by atoms with Gasteiger partial charge in [0.1, 0.15) is 0 Å². The summed E-state index contributed by atoms with van der Waals surface area (Å²) >= 11 is 1.47. The van der Waals surface area contributed by atoms with Gasteiger partial charge in [-0.2, -0.15) is 0 Å². The Morgan fingerprint density at radius 3 is 2.33 bits per heavy atom. The molecule has 1 saturated heterocycles. The van der Waals surface area contributed by atoms with Gasteiger partial charge in [-0.05, 0) is 0 Å². The quantitative estimate of drug-likeness (QED) is 0.559. The van der Waals surface area contributed by atoms with Crippen molar-refractivity contribution in [1.82, 2.24) is 4.90 Å². The molecule has 2 fully saturated rings. The fraction of sp³-hybridized carbons (Fsp3) is 0.909. The molecular weight excluding hydrogens is 256 g/mol. The number of alkyl halides is 1. The maximum atomic E-state index is 12.9. The molecule has 2 aliphatic rings. The van der Waals surface area contributed by atoms with E-state index >= 15 is 0 Å². The van der Waals surface area contributed by atoms with Crippen molar-refractivity contribution < 1.29 is 9.18 Å². The van der Waals surface area contributed by atoms with Gasteiger partial charge in [0.05, 0.1) is 0 Å². The van der Waals surface area contributed by atoms with Gasteiger partial charge in [-0.25, -0.2) is 0 Å². The molecule has 1 unspecified atom stereocenters. The molecule has 2 rings (SSSR count). The number of hydrogen-bond acceptors (Lipinski definition) is 2. The van der Waals surface area contributed by atoms with Crippen LogP contribution >= 0.6 is 0 Å². The van der Waals surface area contributed by atoms with E-state index in [1.54, 1.807) is 0 Å². The average molecular weight is 275 g/mol. The molecule has 2 nitrogen and oxygen atoms in total. The van der Waals surface area contributed by atoms with Crippen molar-refractivity contribution in [3.8, 4) is 0 Å². The molecule has 0 aromatic carbocycles. The van der Waals surface area contributed by atoms with Gasteiger partial charge in [0.15, 0.2) is 0 Å². The van der Waals surface area contributed by atoms with E-state index in [4.69, 9.17) is 0 Å². The summed E-state index contributed by atoms with van der Waals surface area (Å²) in [4.78, 5) is 13.4. The number of aldehydes is 1. The van der Waals surface area contributed by atoms with Crippen LogP contribution in [0, 0.1) is 5.92 Å². The number of carbonyl (C=O) groups is 1. The summed E-state index contributed by atoms with van der Waals surface area (Å²) in [5.41, 5.74) is 0. The van der Waals surface area contributed by atoms with Gasteiger partial charge in [0.2, 0.25) is 0 Å². The summed E-state index contributed by atoms with van der Waals surface area (Å²) in [6.45, 7) is 0.932. The van der Waals surface area contributed by atoms with Crippen molar-refractivity contribution in [3.05, 3.63) is 0 Å². The summed E-state index contributed by atoms with van der Waals surface area (Å²) in [6.07, 6.45) is 6.42. The molecule has 2 atom stereocenters. The predicted molar refractivity (Wildman–Crippen MR) is 60.4 cm³/mol. The molecule has 0 radical (unpaired) electrons. The van der Waals surface area contributed by atoms with Crippen molar-refractivity contribution >= 4 is 23.1 Å². The van der Waals surface area contributed by atoms with E-state index in [9.17, 15) is 9.18 Å². The van der Waals surface area contributed by atoms with Gasteiger partial charge >= 0.3 is 98.8 Å². The third kappa shape index (κ3) is 2.14. The number of likely N-dealkylation sites (tertiary alicyclic amines) is 1. The monoisotopic (exact) mass is 275 g/mol. The fourth-order valence-electron chi connectivity index (χ4n) is 2.74. The van der Waals surface area contributed by atoms with Crippen LogP contribution in [0.25, 0.3) is 0 Å². The minimum atomic E-state index is -0.705. The number of carbonyl (C=O) groups excluding carboxylic acids is 1. The third-order valence-corrected chi connectivity index (χ3v) is 5.87. The zero-order chi connectivity index (χ0) is 10.9. The first kappa shape index (κ1) is 11.6. The second-order valence-electron chi connectivity index (χ2n) is 4.84. The Labute approximate surface area is 99.1 Å². The molecule has 1 aliphatic carbocycles. The Balaban J connectivity index is 2.02. The molecule has 1 heterocycles. The first-order valence-corrected chi connectivity index (χ1v) is 7.02. The van der Waals surface area contributed by atoms with Crippen molar-refractivity contribution in [3.63, 3.8) is 0 Å². The van der Waals surface area contributed by atoms with E-state index in [0.717, 1.165) is 19.1 Å². The van der Waals surface area contributed by atoms with Gasteiger partial charge in [-0.1, -0.05) is 0 Å². The molecule has 1 aliphatic heterocycles. The Kier molecular flexibility index (Phi) is 3.52. The van der Waals surface area contributed by atoms with Crippen LogP contribution in [0.15, 0.2) is 0 Å². The minimum absolute atomic E-state index is 0.337. The molecular formula is C11H19AsFNO. The molecule has 86 valence electrons. The summed E-state index contributed by atoms with van der Waals surface area (Å²) in [6, 6.07) is 0. The topological polar surface area (TPSA) is 20.3 Å². The summed E-state index contributed by atoms with van der Waals surface area (Å²) < 4.78 is 12.5. The SMILES string of the molecule is O=C[C@@]([AsH2])(C1CCCCC1)N1CC(F)C1. The van der Waals surface area contributed by atoms with Crippen LogP contribution in [-0.2, 0) is 4.79 Å². The Bertz CT molecular complexity index is 239. The fourth-order valence-corrected chi connectivity index (χ4v) is 3.88. The van der Waals surface area contributed by atoms with Crippen LogP contribution < -0.4 is 0 Å². The number of hydrogen-bond donors (Lipinski definition) is 0. The van der Waals surface area contributed by atoms with Crippen LogP contribution in [0.4, 0.5) is 4.39 Å². The molecule has 0 N–H and O–H groups in total. The average Bonchev–Trinajstić information content (AvgIpc) is 2.25. The van der Waals surface area contributed by atoms with E-state index in [2.05, 4.69) is 0 Å². The summed E-state index contributed by atoms with van der Waals surface area (Å²) in [7, 11) is 0. The van der Waals surface area contributed by atoms with Crippen LogP contribution in [0.3, 0.4) is 0 Å². The second-order valence-corrected chi connectivity index (χ2v) is 6.78. The molecule has 0 spiro atoms. The molecule has 0 aromatic heterocycles. The van der Waals surface area contributed by atoms with Gasteiger partial charge in [-0.15, -0.1) is 0 Å². The molecule has 15 heavy (non-hydrogen) atoms. The zero-order valence-corrected chi connectivity index (χ0v) is 11.4. The van der Waals surface area contributed by atoms with Crippen LogP contribution in [0.1, 0.15) is 32.1 Å². The standard InChI is InChI=1S/C11H19AsFNO/c12-11(8-15,14-6-10(13)7-14)9-4-2-1-3-5-9/h8-10H,1-7,12H2/t11-/m0/s1. The molecule has 0 aromatic rings. The van der Waals surface area contributed by atoms with Gasteiger partial charge in [-0.3, -0.25) is 0 Å². The predicted octanol–water partition coefficient (Wildman–Crippen LogP) is 0.749. The maximum absolute atomic E-state index is 12.9. The van der Waals surface area contributed by atoms with Crippen molar-refractivity contribution in [2.24, 2.45) is 5.92 Å². The number of rotatable bonds is 3. The Morgan fingerprint density at radius 1 is 1.27 bits per heavy atom. The van der Waals surface area contributed by atoms with Gasteiger partial charge < -0.3 is 0 Å². The molecule has 0 bridgehead atoms. The van der Waals surface area contributed by atoms with Crippen LogP contribution in [0.5, 0.6) is 0 Å². The summed E-state index contributed by atoms with van der Waals surface area (Å²) in [5.74, 6) is 0.469. The zero-order valence-electron chi connectivity index (χ0n) is 8.99. The third-order valence-electron chi connectivity index (χ3n) is 3.83. The van der Waals surface area contributed by atoms with Crippen molar-refractivity contribution in [2.45, 2.75) is 42.6 Å². The van der Waals surface area contributed by atoms with Gasteiger partial charge in [0.25, 0.3) is 0 Å². The Hall–Kier alpha value is 0.118. The molecule has 1 saturated carbocycles. The van der Waals surface area contributed by atoms with E-state index < -0.39 is 6.17 Å². The first-order valence-electron chi connectivity index (χ1n) is 5.81. The van der Waals surface area contributed by atoms with Gasteiger partial charge in [0, 0.05) is 0 Å².